The van der Waals surface area contributed by atoms with Crippen molar-refractivity contribution in [1.82, 2.24) is 0 Å². The number of nitrogens with zero attached hydrogens (tertiary/aromatic N) is 3. The maximum Gasteiger partial charge on any atom is 0.181 e. The summed E-state index contributed by atoms with van der Waals surface area (Å²) in [5, 5.41) is 26.1. The lowest BCUT2D eigenvalue weighted by Crippen LogP contribution is -2.19. The van der Waals surface area contributed by atoms with Gasteiger partial charge in [-0.25, -0.2) is 0 Å². The van der Waals surface area contributed by atoms with Crippen LogP contribution in [0.15, 0.2) is 23.8 Å². The van der Waals surface area contributed by atoms with Crippen LogP contribution >= 0.6 is 0 Å². The van der Waals surface area contributed by atoms with Gasteiger partial charge in [0.05, 0.1) is 23.8 Å². The van der Waals surface area contributed by atoms with E-state index in [-0.39, 0.29) is 5.57 Å². The zero-order chi connectivity index (χ0) is 9.03. The number of allylic oxidation sites excluding steroid dienone is 4. The molecule has 0 aliphatic heterocycles. The van der Waals surface area contributed by atoms with Gasteiger partial charge in [-0.15, -0.1) is 0 Å². The molecule has 0 saturated heterocycles. The van der Waals surface area contributed by atoms with Crippen molar-refractivity contribution in [3.63, 3.8) is 0 Å². The van der Waals surface area contributed by atoms with Gasteiger partial charge >= 0.3 is 0 Å². The van der Waals surface area contributed by atoms with Gasteiger partial charge in [0.15, 0.2) is 5.41 Å². The lowest BCUT2D eigenvalue weighted by Gasteiger charge is -2.17. The predicted molar refractivity (Wildman–Crippen MR) is 41.1 cm³/mol. The Morgan fingerprint density at radius 2 is 1.92 bits per heavy atom. The van der Waals surface area contributed by atoms with Crippen LogP contribution in [0.25, 0.3) is 0 Å². The molecule has 0 bridgehead atoms. The van der Waals surface area contributed by atoms with Crippen LogP contribution in [0.2, 0.25) is 0 Å². The van der Waals surface area contributed by atoms with Crippen LogP contribution in [0.1, 0.15) is 6.42 Å². The Morgan fingerprint density at radius 3 is 2.33 bits per heavy atom. The van der Waals surface area contributed by atoms with Gasteiger partial charge in [-0.1, -0.05) is 12.2 Å². The van der Waals surface area contributed by atoms with Crippen LogP contribution in [-0.2, 0) is 0 Å². The predicted octanol–water partition coefficient (Wildman–Crippen LogP) is 1.43. The normalized spacial score (nSPS) is 18.2. The SMILES string of the molecule is N#CC1=CC=CCC1(C#N)C#N. The van der Waals surface area contributed by atoms with Crippen LogP contribution in [-0.4, -0.2) is 0 Å². The molecule has 3 nitrogen and oxygen atoms in total. The van der Waals surface area contributed by atoms with Crippen LogP contribution in [0, 0.1) is 39.4 Å². The lowest BCUT2D eigenvalue weighted by molar-refractivity contribution is 0.640. The number of rotatable bonds is 0. The summed E-state index contributed by atoms with van der Waals surface area (Å²) in [7, 11) is 0. The Hall–Kier alpha value is -2.05. The molecule has 3 heteroatoms. The molecule has 0 amide bonds. The van der Waals surface area contributed by atoms with E-state index in [9.17, 15) is 0 Å². The Kier molecular flexibility index (Phi) is 1.95. The topological polar surface area (TPSA) is 71.4 Å². The van der Waals surface area contributed by atoms with E-state index in [2.05, 4.69) is 0 Å². The van der Waals surface area contributed by atoms with Gasteiger partial charge in [-0.05, 0) is 6.08 Å². The summed E-state index contributed by atoms with van der Waals surface area (Å²) < 4.78 is 0. The van der Waals surface area contributed by atoms with Gasteiger partial charge in [-0.2, -0.15) is 15.8 Å². The van der Waals surface area contributed by atoms with Gasteiger partial charge in [0.1, 0.15) is 0 Å². The standard InChI is InChI=1S/C9H5N3/c10-5-8-3-1-2-4-9(8,6-11)7-12/h1-3H,4H2. The molecule has 0 atom stereocenters. The Balaban J connectivity index is 3.21. The highest BCUT2D eigenvalue weighted by atomic mass is 14.4. The summed E-state index contributed by atoms with van der Waals surface area (Å²) in [5.41, 5.74) is -1.02. The second-order valence-electron chi connectivity index (χ2n) is 2.45. The molecule has 0 unspecified atom stereocenters. The molecular formula is C9H5N3. The van der Waals surface area contributed by atoms with Gasteiger partial charge in [0.25, 0.3) is 0 Å². The highest BCUT2D eigenvalue weighted by Gasteiger charge is 2.35. The van der Waals surface area contributed by atoms with Crippen LogP contribution in [0.3, 0.4) is 0 Å². The monoisotopic (exact) mass is 155 g/mol. The number of hydrogen-bond donors (Lipinski definition) is 0. The first-order valence-electron chi connectivity index (χ1n) is 3.39. The van der Waals surface area contributed by atoms with Crippen molar-refractivity contribution in [2.24, 2.45) is 5.41 Å². The van der Waals surface area contributed by atoms with Gasteiger partial charge in [-0.3, -0.25) is 0 Å². The second-order valence-corrected chi connectivity index (χ2v) is 2.45. The second kappa shape index (κ2) is 2.91. The molecule has 0 N–H and O–H groups in total. The summed E-state index contributed by atoms with van der Waals surface area (Å²) in [6, 6.07) is 5.59. The summed E-state index contributed by atoms with van der Waals surface area (Å²) in [4.78, 5) is 0. The fourth-order valence-corrected chi connectivity index (χ4v) is 1.03. The highest BCUT2D eigenvalue weighted by Crippen LogP contribution is 2.32. The largest absolute Gasteiger partial charge is 0.196 e. The van der Waals surface area contributed by atoms with Gasteiger partial charge in [0, 0.05) is 6.42 Å². The van der Waals surface area contributed by atoms with E-state index >= 15 is 0 Å². The van der Waals surface area contributed by atoms with Crippen molar-refractivity contribution in [3.05, 3.63) is 23.8 Å². The van der Waals surface area contributed by atoms with Crippen molar-refractivity contribution in [2.75, 3.05) is 0 Å². The van der Waals surface area contributed by atoms with E-state index in [4.69, 9.17) is 15.8 Å². The van der Waals surface area contributed by atoms with E-state index < -0.39 is 5.41 Å². The maximum atomic E-state index is 8.74. The molecule has 0 aromatic rings. The third kappa shape index (κ3) is 0.965. The van der Waals surface area contributed by atoms with Crippen LogP contribution in [0.5, 0.6) is 0 Å². The minimum Gasteiger partial charge on any atom is -0.196 e. The van der Waals surface area contributed by atoms with E-state index in [1.54, 1.807) is 12.2 Å². The molecular weight excluding hydrogens is 150 g/mol. The van der Waals surface area contributed by atoms with E-state index in [0.29, 0.717) is 6.42 Å². The van der Waals surface area contributed by atoms with E-state index in [1.165, 1.54) is 6.08 Å². The molecule has 1 aliphatic rings. The molecule has 1 aliphatic carbocycles. The molecule has 0 spiro atoms. The maximum absolute atomic E-state index is 8.74. The molecule has 12 heavy (non-hydrogen) atoms. The Bertz CT molecular complexity index is 354. The number of nitriles is 3. The molecule has 0 heterocycles. The first-order valence-corrected chi connectivity index (χ1v) is 3.39. The highest BCUT2D eigenvalue weighted by molar-refractivity contribution is 5.46. The zero-order valence-electron chi connectivity index (χ0n) is 6.28. The Morgan fingerprint density at radius 1 is 1.25 bits per heavy atom. The molecule has 0 saturated carbocycles. The average Bonchev–Trinajstić information content (AvgIpc) is 2.17. The van der Waals surface area contributed by atoms with E-state index in [0.717, 1.165) is 0 Å². The quantitative estimate of drug-likeness (QED) is 0.531. The first-order chi connectivity index (χ1) is 5.79. The zero-order valence-corrected chi connectivity index (χ0v) is 6.28. The summed E-state index contributed by atoms with van der Waals surface area (Å²) >= 11 is 0. The number of hydrogen-bond acceptors (Lipinski definition) is 3. The third-order valence-electron chi connectivity index (χ3n) is 1.78. The van der Waals surface area contributed by atoms with Gasteiger partial charge < -0.3 is 0 Å². The minimum atomic E-state index is -1.25. The molecule has 1 rings (SSSR count). The van der Waals surface area contributed by atoms with Gasteiger partial charge in [0.2, 0.25) is 0 Å². The molecule has 0 aromatic carbocycles. The fraction of sp³-hybridized carbons (Fsp3) is 0.222. The average molecular weight is 155 g/mol. The van der Waals surface area contributed by atoms with Crippen molar-refractivity contribution in [1.29, 1.82) is 15.8 Å². The first kappa shape index (κ1) is 8.05. The van der Waals surface area contributed by atoms with Crippen molar-refractivity contribution >= 4 is 0 Å². The molecule has 0 fully saturated rings. The summed E-state index contributed by atoms with van der Waals surface area (Å²) in [6.45, 7) is 0. The third-order valence-corrected chi connectivity index (χ3v) is 1.78. The van der Waals surface area contributed by atoms with Crippen molar-refractivity contribution < 1.29 is 0 Å². The fourth-order valence-electron chi connectivity index (χ4n) is 1.03. The van der Waals surface area contributed by atoms with Crippen molar-refractivity contribution in [3.8, 4) is 18.2 Å². The summed E-state index contributed by atoms with van der Waals surface area (Å²) in [6.07, 6.45) is 5.22. The van der Waals surface area contributed by atoms with Crippen molar-refractivity contribution in [2.45, 2.75) is 6.42 Å². The molecule has 56 valence electrons. The Labute approximate surface area is 70.5 Å². The lowest BCUT2D eigenvalue weighted by atomic mass is 9.78. The van der Waals surface area contributed by atoms with E-state index in [1.807, 2.05) is 18.2 Å². The minimum absolute atomic E-state index is 0.231. The smallest absolute Gasteiger partial charge is 0.181 e. The molecule has 0 aromatic heterocycles. The molecule has 0 radical (unpaired) electrons. The van der Waals surface area contributed by atoms with Crippen LogP contribution < -0.4 is 0 Å². The summed E-state index contributed by atoms with van der Waals surface area (Å²) in [5.74, 6) is 0. The van der Waals surface area contributed by atoms with Crippen LogP contribution in [0.4, 0.5) is 0 Å².